The highest BCUT2D eigenvalue weighted by Gasteiger charge is 2.32. The Morgan fingerprint density at radius 1 is 1.42 bits per heavy atom. The van der Waals surface area contributed by atoms with Crippen LogP contribution in [0, 0.1) is 5.82 Å². The number of nitrogens with zero attached hydrogens (tertiary/aromatic N) is 1. The van der Waals surface area contributed by atoms with E-state index in [1.165, 1.54) is 19.1 Å². The molecule has 106 valence electrons. The van der Waals surface area contributed by atoms with E-state index in [0.29, 0.717) is 4.90 Å². The number of amides is 1. The molecule has 0 spiro atoms. The zero-order valence-corrected chi connectivity index (χ0v) is 10.5. The molecule has 3 nitrogen and oxygen atoms in total. The molecule has 0 aliphatic heterocycles. The van der Waals surface area contributed by atoms with E-state index in [4.69, 9.17) is 5.73 Å². The number of likely N-dealkylation sites (N-methyl/N-ethyl adjacent to an activating group) is 1. The Bertz CT molecular complexity index is 473. The third kappa shape index (κ3) is 4.11. The number of hydrogen-bond donors (Lipinski definition) is 1. The first-order valence-electron chi connectivity index (χ1n) is 5.48. The molecule has 0 heterocycles. The minimum atomic E-state index is -4.46. The maximum absolute atomic E-state index is 13.2. The number of nitrogen functional groups attached to an aromatic ring is 1. The highest BCUT2D eigenvalue weighted by molar-refractivity contribution is 5.83. The van der Waals surface area contributed by atoms with E-state index in [9.17, 15) is 22.4 Å². The topological polar surface area (TPSA) is 46.3 Å². The smallest absolute Gasteiger partial charge is 0.396 e. The van der Waals surface area contributed by atoms with Crippen molar-refractivity contribution < 1.29 is 22.4 Å². The van der Waals surface area contributed by atoms with Crippen LogP contribution in [0.1, 0.15) is 18.4 Å². The molecule has 1 aromatic rings. The van der Waals surface area contributed by atoms with Gasteiger partial charge < -0.3 is 10.6 Å². The van der Waals surface area contributed by atoms with Gasteiger partial charge in [0.1, 0.15) is 12.4 Å². The van der Waals surface area contributed by atoms with E-state index in [1.54, 1.807) is 0 Å². The minimum absolute atomic E-state index is 0.0768. The van der Waals surface area contributed by atoms with Crippen LogP contribution in [0.15, 0.2) is 18.2 Å². The van der Waals surface area contributed by atoms with Gasteiger partial charge in [-0.1, -0.05) is 6.07 Å². The normalized spacial score (nSPS) is 13.2. The van der Waals surface area contributed by atoms with Gasteiger partial charge in [0.2, 0.25) is 5.91 Å². The third-order valence-corrected chi connectivity index (χ3v) is 2.69. The van der Waals surface area contributed by atoms with Gasteiger partial charge in [0, 0.05) is 7.05 Å². The number of anilines is 1. The molecule has 7 heteroatoms. The van der Waals surface area contributed by atoms with E-state index in [1.807, 2.05) is 0 Å². The summed E-state index contributed by atoms with van der Waals surface area (Å²) in [5.41, 5.74) is 5.50. The summed E-state index contributed by atoms with van der Waals surface area (Å²) in [4.78, 5) is 12.4. The summed E-state index contributed by atoms with van der Waals surface area (Å²) in [5.74, 6) is -2.31. The molecule has 0 saturated heterocycles. The van der Waals surface area contributed by atoms with Crippen molar-refractivity contribution >= 4 is 11.6 Å². The number of rotatable bonds is 3. The van der Waals surface area contributed by atoms with Crippen LogP contribution in [-0.2, 0) is 4.79 Å². The second-order valence-electron chi connectivity index (χ2n) is 4.31. The lowest BCUT2D eigenvalue weighted by Crippen LogP contribution is -2.38. The van der Waals surface area contributed by atoms with Crippen LogP contribution in [0.4, 0.5) is 23.2 Å². The quantitative estimate of drug-likeness (QED) is 0.682. The van der Waals surface area contributed by atoms with Crippen LogP contribution in [0.25, 0.3) is 0 Å². The number of carbonyl (C=O) groups is 1. The molecule has 1 amide bonds. The van der Waals surface area contributed by atoms with E-state index in [0.717, 1.165) is 13.1 Å². The van der Waals surface area contributed by atoms with Gasteiger partial charge in [-0.15, -0.1) is 0 Å². The van der Waals surface area contributed by atoms with Crippen molar-refractivity contribution in [1.29, 1.82) is 0 Å². The van der Waals surface area contributed by atoms with Gasteiger partial charge in [0.25, 0.3) is 0 Å². The van der Waals surface area contributed by atoms with Crippen LogP contribution < -0.4 is 5.73 Å². The zero-order valence-electron chi connectivity index (χ0n) is 10.5. The molecular weight excluding hydrogens is 264 g/mol. The van der Waals surface area contributed by atoms with E-state index >= 15 is 0 Å². The maximum atomic E-state index is 13.2. The largest absolute Gasteiger partial charge is 0.406 e. The van der Waals surface area contributed by atoms with Crippen molar-refractivity contribution in [2.45, 2.75) is 19.0 Å². The van der Waals surface area contributed by atoms with Crippen molar-refractivity contribution in [2.24, 2.45) is 0 Å². The SMILES string of the molecule is CC(C(=O)N(C)CC(F)(F)F)c1ccc(N)c(F)c1. The van der Waals surface area contributed by atoms with E-state index in [-0.39, 0.29) is 11.3 Å². The van der Waals surface area contributed by atoms with Crippen molar-refractivity contribution in [2.75, 3.05) is 19.3 Å². The van der Waals surface area contributed by atoms with Gasteiger partial charge in [-0.05, 0) is 24.6 Å². The molecule has 0 saturated carbocycles. The number of carbonyl (C=O) groups excluding carboxylic acids is 1. The fraction of sp³-hybridized carbons (Fsp3) is 0.417. The number of alkyl halides is 3. The average molecular weight is 278 g/mol. The molecule has 0 bridgehead atoms. The van der Waals surface area contributed by atoms with Gasteiger partial charge in [-0.2, -0.15) is 13.2 Å². The summed E-state index contributed by atoms with van der Waals surface area (Å²) in [7, 11) is 1.06. The van der Waals surface area contributed by atoms with Crippen molar-refractivity contribution in [1.82, 2.24) is 4.90 Å². The summed E-state index contributed by atoms with van der Waals surface area (Å²) in [5, 5.41) is 0. The van der Waals surface area contributed by atoms with Crippen LogP contribution in [0.3, 0.4) is 0 Å². The maximum Gasteiger partial charge on any atom is 0.406 e. The number of halogens is 4. The Balaban J connectivity index is 2.84. The third-order valence-electron chi connectivity index (χ3n) is 2.69. The fourth-order valence-electron chi connectivity index (χ4n) is 1.63. The summed E-state index contributed by atoms with van der Waals surface area (Å²) in [6.45, 7) is 0.0772. The standard InChI is InChI=1S/C12H14F4N2O/c1-7(8-3-4-10(17)9(13)5-8)11(19)18(2)6-12(14,15)16/h3-5,7H,6,17H2,1-2H3. The Labute approximate surface area is 108 Å². The fourth-order valence-corrected chi connectivity index (χ4v) is 1.63. The summed E-state index contributed by atoms with van der Waals surface area (Å²) in [6, 6.07) is 3.75. The van der Waals surface area contributed by atoms with E-state index in [2.05, 4.69) is 0 Å². The lowest BCUT2D eigenvalue weighted by molar-refractivity contribution is -0.159. The van der Waals surface area contributed by atoms with Crippen LogP contribution in [-0.4, -0.2) is 30.6 Å². The number of hydrogen-bond acceptors (Lipinski definition) is 2. The molecule has 0 aliphatic carbocycles. The first-order chi connectivity index (χ1) is 8.61. The minimum Gasteiger partial charge on any atom is -0.396 e. The number of benzene rings is 1. The lowest BCUT2D eigenvalue weighted by Gasteiger charge is -2.22. The molecule has 1 unspecified atom stereocenters. The monoisotopic (exact) mass is 278 g/mol. The Morgan fingerprint density at radius 2 is 2.00 bits per heavy atom. The summed E-state index contributed by atoms with van der Waals surface area (Å²) in [6.07, 6.45) is -4.46. The Hall–Kier alpha value is -1.79. The van der Waals surface area contributed by atoms with Gasteiger partial charge in [-0.25, -0.2) is 4.39 Å². The first-order valence-corrected chi connectivity index (χ1v) is 5.48. The summed E-state index contributed by atoms with van der Waals surface area (Å²) >= 11 is 0. The highest BCUT2D eigenvalue weighted by atomic mass is 19.4. The highest BCUT2D eigenvalue weighted by Crippen LogP contribution is 2.23. The van der Waals surface area contributed by atoms with Crippen LogP contribution in [0.2, 0.25) is 0 Å². The molecule has 0 aliphatic rings. The predicted octanol–water partition coefficient (Wildman–Crippen LogP) is 2.53. The van der Waals surface area contributed by atoms with Crippen molar-refractivity contribution in [3.05, 3.63) is 29.6 Å². The van der Waals surface area contributed by atoms with Crippen LogP contribution >= 0.6 is 0 Å². The first kappa shape index (κ1) is 15.3. The average Bonchev–Trinajstić information content (AvgIpc) is 2.28. The van der Waals surface area contributed by atoms with Gasteiger partial charge >= 0.3 is 6.18 Å². The molecule has 0 aromatic heterocycles. The predicted molar refractivity (Wildman–Crippen MR) is 62.9 cm³/mol. The zero-order chi connectivity index (χ0) is 14.8. The van der Waals surface area contributed by atoms with Crippen molar-refractivity contribution in [3.8, 4) is 0 Å². The second kappa shape index (κ2) is 5.46. The lowest BCUT2D eigenvalue weighted by atomic mass is 9.99. The molecular formula is C12H14F4N2O. The molecule has 1 atom stereocenters. The molecule has 19 heavy (non-hydrogen) atoms. The molecule has 1 rings (SSSR count). The Morgan fingerprint density at radius 3 is 2.47 bits per heavy atom. The van der Waals surface area contributed by atoms with Gasteiger partial charge in [0.15, 0.2) is 0 Å². The molecule has 0 fully saturated rings. The molecule has 1 aromatic carbocycles. The molecule has 2 N–H and O–H groups in total. The summed E-state index contributed by atoms with van der Waals surface area (Å²) < 4.78 is 49.8. The molecule has 0 radical (unpaired) electrons. The Kier molecular flexibility index (Phi) is 4.39. The van der Waals surface area contributed by atoms with E-state index < -0.39 is 30.4 Å². The van der Waals surface area contributed by atoms with Gasteiger partial charge in [-0.3, -0.25) is 4.79 Å². The van der Waals surface area contributed by atoms with Crippen LogP contribution in [0.5, 0.6) is 0 Å². The second-order valence-corrected chi connectivity index (χ2v) is 4.31. The number of nitrogens with two attached hydrogens (primary N) is 1. The van der Waals surface area contributed by atoms with Crippen molar-refractivity contribution in [3.63, 3.8) is 0 Å². The van der Waals surface area contributed by atoms with Gasteiger partial charge in [0.05, 0.1) is 11.6 Å².